The summed E-state index contributed by atoms with van der Waals surface area (Å²) < 4.78 is 6.77. The number of nitrogens with zero attached hydrogens (tertiary/aromatic N) is 3. The molecule has 0 atom stereocenters. The van der Waals surface area contributed by atoms with E-state index in [1.165, 1.54) is 18.4 Å². The Morgan fingerprint density at radius 1 is 1.35 bits per heavy atom. The van der Waals surface area contributed by atoms with Crippen LogP contribution in [0.5, 0.6) is 0 Å². The molecule has 0 bridgehead atoms. The van der Waals surface area contributed by atoms with Crippen molar-refractivity contribution in [3.63, 3.8) is 0 Å². The van der Waals surface area contributed by atoms with Gasteiger partial charge < -0.3 is 10.1 Å². The molecule has 2 rings (SSSR count). The number of rotatable bonds is 6. The zero-order valence-electron chi connectivity index (χ0n) is 14.6. The van der Waals surface area contributed by atoms with Crippen LogP contribution in [0.1, 0.15) is 36.7 Å². The van der Waals surface area contributed by atoms with Crippen LogP contribution in [0.2, 0.25) is 0 Å². The van der Waals surface area contributed by atoms with E-state index in [0.29, 0.717) is 12.6 Å². The van der Waals surface area contributed by atoms with Gasteiger partial charge in [0.05, 0.1) is 12.3 Å². The van der Waals surface area contributed by atoms with Gasteiger partial charge in [0.2, 0.25) is 0 Å². The van der Waals surface area contributed by atoms with Crippen LogP contribution < -0.4 is 5.32 Å². The molecule has 0 spiro atoms. The van der Waals surface area contributed by atoms with E-state index in [2.05, 4.69) is 15.3 Å². The summed E-state index contributed by atoms with van der Waals surface area (Å²) in [6, 6.07) is 0.644. The molecule has 0 aromatic carbocycles. The van der Waals surface area contributed by atoms with E-state index in [-0.39, 0.29) is 24.9 Å². The minimum absolute atomic E-state index is 0. The quantitative estimate of drug-likeness (QED) is 0.795. The Morgan fingerprint density at radius 3 is 2.57 bits per heavy atom. The van der Waals surface area contributed by atoms with Gasteiger partial charge in [0.15, 0.2) is 0 Å². The molecular weight excluding hydrogens is 316 g/mol. The standard InChI is InChI=1S/C16H28N4O2.ClH/c1-5-22-16(21)11-20-13(3)15(12(2)18-20)10-19-8-6-14(17-4)7-9-19;/h14,17H,5-11H2,1-4H3;1H. The maximum Gasteiger partial charge on any atom is 0.327 e. The third kappa shape index (κ3) is 5.19. The lowest BCUT2D eigenvalue weighted by molar-refractivity contribution is -0.144. The highest BCUT2D eigenvalue weighted by Crippen LogP contribution is 2.19. The largest absolute Gasteiger partial charge is 0.465 e. The van der Waals surface area contributed by atoms with Crippen LogP contribution in [-0.2, 0) is 22.6 Å². The summed E-state index contributed by atoms with van der Waals surface area (Å²) in [6.45, 7) is 9.60. The Kier molecular flexibility index (Phi) is 8.02. The van der Waals surface area contributed by atoms with E-state index in [4.69, 9.17) is 4.74 Å². The maximum atomic E-state index is 11.6. The number of piperidine rings is 1. The van der Waals surface area contributed by atoms with Gasteiger partial charge in [0, 0.05) is 23.8 Å². The number of aryl methyl sites for hydroxylation is 1. The van der Waals surface area contributed by atoms with Crippen molar-refractivity contribution in [3.05, 3.63) is 17.0 Å². The fraction of sp³-hybridized carbons (Fsp3) is 0.750. The number of nitrogens with one attached hydrogen (secondary N) is 1. The van der Waals surface area contributed by atoms with Crippen LogP contribution in [-0.4, -0.2) is 53.4 Å². The zero-order valence-corrected chi connectivity index (χ0v) is 15.4. The van der Waals surface area contributed by atoms with E-state index in [0.717, 1.165) is 31.0 Å². The Labute approximate surface area is 145 Å². The highest BCUT2D eigenvalue weighted by molar-refractivity contribution is 5.85. The van der Waals surface area contributed by atoms with Crippen molar-refractivity contribution >= 4 is 18.4 Å². The van der Waals surface area contributed by atoms with Crippen LogP contribution in [0.4, 0.5) is 0 Å². The number of hydrogen-bond donors (Lipinski definition) is 1. The highest BCUT2D eigenvalue weighted by Gasteiger charge is 2.21. The molecule has 1 saturated heterocycles. The second kappa shape index (κ2) is 9.25. The molecule has 0 radical (unpaired) electrons. The van der Waals surface area contributed by atoms with Gasteiger partial charge in [-0.2, -0.15) is 5.10 Å². The molecule has 1 aliphatic rings. The summed E-state index contributed by atoms with van der Waals surface area (Å²) in [5.41, 5.74) is 3.33. The fourth-order valence-electron chi connectivity index (χ4n) is 3.05. The van der Waals surface area contributed by atoms with Crippen molar-refractivity contribution in [3.8, 4) is 0 Å². The fourth-order valence-corrected chi connectivity index (χ4v) is 3.05. The molecule has 0 amide bonds. The third-order valence-electron chi connectivity index (χ3n) is 4.49. The number of aromatic nitrogens is 2. The Morgan fingerprint density at radius 2 is 2.00 bits per heavy atom. The molecule has 7 heteroatoms. The number of esters is 1. The summed E-state index contributed by atoms with van der Waals surface area (Å²) >= 11 is 0. The van der Waals surface area contributed by atoms with Crippen LogP contribution >= 0.6 is 12.4 Å². The minimum atomic E-state index is -0.227. The molecule has 132 valence electrons. The Balaban J connectivity index is 0.00000264. The van der Waals surface area contributed by atoms with Crippen molar-refractivity contribution in [1.82, 2.24) is 20.0 Å². The van der Waals surface area contributed by atoms with E-state index >= 15 is 0 Å². The highest BCUT2D eigenvalue weighted by atomic mass is 35.5. The van der Waals surface area contributed by atoms with E-state index in [1.54, 1.807) is 4.68 Å². The molecule has 1 aromatic rings. The predicted molar refractivity (Wildman–Crippen MR) is 92.9 cm³/mol. The minimum Gasteiger partial charge on any atom is -0.465 e. The Bertz CT molecular complexity index is 510. The lowest BCUT2D eigenvalue weighted by atomic mass is 10.0. The number of carbonyl (C=O) groups is 1. The number of ether oxygens (including phenoxy) is 1. The van der Waals surface area contributed by atoms with Crippen molar-refractivity contribution < 1.29 is 9.53 Å². The van der Waals surface area contributed by atoms with Crippen LogP contribution in [0.25, 0.3) is 0 Å². The SMILES string of the molecule is CCOC(=O)Cn1nc(C)c(CN2CCC(NC)CC2)c1C.Cl. The molecule has 2 heterocycles. The van der Waals surface area contributed by atoms with Crippen molar-refractivity contribution in [2.45, 2.75) is 52.7 Å². The molecule has 0 aliphatic carbocycles. The average Bonchev–Trinajstić information content (AvgIpc) is 2.76. The third-order valence-corrected chi connectivity index (χ3v) is 4.49. The number of likely N-dealkylation sites (tertiary alicyclic amines) is 1. The second-order valence-corrected chi connectivity index (χ2v) is 5.95. The van der Waals surface area contributed by atoms with Crippen LogP contribution in [0, 0.1) is 13.8 Å². The van der Waals surface area contributed by atoms with E-state index in [1.807, 2.05) is 27.8 Å². The van der Waals surface area contributed by atoms with Crippen molar-refractivity contribution in [2.75, 3.05) is 26.7 Å². The van der Waals surface area contributed by atoms with Crippen LogP contribution in [0.3, 0.4) is 0 Å². The summed E-state index contributed by atoms with van der Waals surface area (Å²) in [5, 5.41) is 7.86. The van der Waals surface area contributed by atoms with E-state index < -0.39 is 0 Å². The lowest BCUT2D eigenvalue weighted by Crippen LogP contribution is -2.40. The van der Waals surface area contributed by atoms with Gasteiger partial charge >= 0.3 is 5.97 Å². The van der Waals surface area contributed by atoms with Gasteiger partial charge in [-0.05, 0) is 53.8 Å². The van der Waals surface area contributed by atoms with Gasteiger partial charge in [-0.1, -0.05) is 0 Å². The summed E-state index contributed by atoms with van der Waals surface area (Å²) in [6.07, 6.45) is 2.37. The maximum absolute atomic E-state index is 11.6. The number of carbonyl (C=O) groups excluding carboxylic acids is 1. The van der Waals surface area contributed by atoms with E-state index in [9.17, 15) is 4.79 Å². The molecular formula is C16H29ClN4O2. The summed E-state index contributed by atoms with van der Waals surface area (Å²) in [5.74, 6) is -0.227. The Hall–Kier alpha value is -1.11. The van der Waals surface area contributed by atoms with Gasteiger partial charge in [-0.3, -0.25) is 14.4 Å². The average molecular weight is 345 g/mol. The summed E-state index contributed by atoms with van der Waals surface area (Å²) in [7, 11) is 2.04. The van der Waals surface area contributed by atoms with Gasteiger partial charge in [0.1, 0.15) is 6.54 Å². The molecule has 1 aromatic heterocycles. The molecule has 1 N–H and O–H groups in total. The molecule has 0 saturated carbocycles. The number of halogens is 1. The first-order valence-corrected chi connectivity index (χ1v) is 8.13. The van der Waals surface area contributed by atoms with Gasteiger partial charge in [-0.25, -0.2) is 0 Å². The smallest absolute Gasteiger partial charge is 0.327 e. The number of hydrogen-bond acceptors (Lipinski definition) is 5. The first-order chi connectivity index (χ1) is 10.5. The predicted octanol–water partition coefficient (Wildman–Crippen LogP) is 1.67. The topological polar surface area (TPSA) is 59.4 Å². The summed E-state index contributed by atoms with van der Waals surface area (Å²) in [4.78, 5) is 14.1. The van der Waals surface area contributed by atoms with Crippen molar-refractivity contribution in [1.29, 1.82) is 0 Å². The van der Waals surface area contributed by atoms with Gasteiger partial charge in [0.25, 0.3) is 0 Å². The normalized spacial score (nSPS) is 16.2. The molecule has 0 unspecified atom stereocenters. The molecule has 1 fully saturated rings. The monoisotopic (exact) mass is 344 g/mol. The molecule has 1 aliphatic heterocycles. The first-order valence-electron chi connectivity index (χ1n) is 8.13. The van der Waals surface area contributed by atoms with Crippen molar-refractivity contribution in [2.24, 2.45) is 0 Å². The van der Waals surface area contributed by atoms with Gasteiger partial charge in [-0.15, -0.1) is 12.4 Å². The van der Waals surface area contributed by atoms with Crippen LogP contribution in [0.15, 0.2) is 0 Å². The molecule has 6 nitrogen and oxygen atoms in total. The zero-order chi connectivity index (χ0) is 16.1. The molecule has 23 heavy (non-hydrogen) atoms. The second-order valence-electron chi connectivity index (χ2n) is 5.95. The first kappa shape index (κ1) is 19.9. The lowest BCUT2D eigenvalue weighted by Gasteiger charge is -2.31.